The molecule has 0 unspecified atom stereocenters. The van der Waals surface area contributed by atoms with Gasteiger partial charge in [-0.15, -0.1) is 0 Å². The van der Waals surface area contributed by atoms with E-state index in [1.54, 1.807) is 13.2 Å². The minimum Gasteiger partial charge on any atom is -0.497 e. The van der Waals surface area contributed by atoms with Crippen LogP contribution in [0.4, 0.5) is 0 Å². The van der Waals surface area contributed by atoms with Crippen molar-refractivity contribution in [1.29, 1.82) is 0 Å². The molecule has 1 amide bonds. The number of benzene rings is 1. The molecule has 2 heterocycles. The molecule has 1 fully saturated rings. The summed E-state index contributed by atoms with van der Waals surface area (Å²) in [6.07, 6.45) is 2.62. The fourth-order valence-electron chi connectivity index (χ4n) is 3.32. The number of hydrogen-bond donors (Lipinski definition) is 2. The number of hydrogen-bond acceptors (Lipinski definition) is 4. The van der Waals surface area contributed by atoms with Gasteiger partial charge in [-0.3, -0.25) is 9.89 Å². The number of aromatic amines is 1. The van der Waals surface area contributed by atoms with Crippen molar-refractivity contribution in [2.75, 3.05) is 26.8 Å². The Bertz CT molecular complexity index is 710. The third-order valence-electron chi connectivity index (χ3n) is 5.39. The van der Waals surface area contributed by atoms with Gasteiger partial charge >= 0.3 is 0 Å². The minimum absolute atomic E-state index is 0.0287. The Kier molecular flexibility index (Phi) is 5.08. The molecule has 1 aromatic carbocycles. The molecule has 1 saturated heterocycles. The zero-order valence-electron chi connectivity index (χ0n) is 14.8. The predicted octanol–water partition coefficient (Wildman–Crippen LogP) is 2.71. The summed E-state index contributed by atoms with van der Waals surface area (Å²) >= 11 is 0. The van der Waals surface area contributed by atoms with Gasteiger partial charge in [-0.25, -0.2) is 0 Å². The van der Waals surface area contributed by atoms with Crippen molar-refractivity contribution in [3.8, 4) is 17.0 Å². The standard InChI is InChI=1S/C19H25N3O3/c1-3-19(13-23)8-10-22(11-9-19)18(24)17-12-16(20-21-17)14-4-6-15(25-2)7-5-14/h4-7,12,23H,3,8-11,13H2,1-2H3,(H,20,21). The van der Waals surface area contributed by atoms with Crippen molar-refractivity contribution in [3.63, 3.8) is 0 Å². The second-order valence-corrected chi connectivity index (χ2v) is 6.70. The molecule has 0 atom stereocenters. The third-order valence-corrected chi connectivity index (χ3v) is 5.39. The third kappa shape index (κ3) is 3.54. The van der Waals surface area contributed by atoms with E-state index in [1.165, 1.54) is 0 Å². The lowest BCUT2D eigenvalue weighted by molar-refractivity contribution is 0.0334. The number of carbonyl (C=O) groups is 1. The largest absolute Gasteiger partial charge is 0.497 e. The number of amides is 1. The zero-order chi connectivity index (χ0) is 17.9. The van der Waals surface area contributed by atoms with Gasteiger partial charge in [0.05, 0.1) is 12.8 Å². The number of rotatable bonds is 5. The van der Waals surface area contributed by atoms with E-state index in [2.05, 4.69) is 17.1 Å². The summed E-state index contributed by atoms with van der Waals surface area (Å²) in [5, 5.41) is 16.7. The monoisotopic (exact) mass is 343 g/mol. The van der Waals surface area contributed by atoms with Gasteiger partial charge in [0.2, 0.25) is 0 Å². The van der Waals surface area contributed by atoms with Crippen LogP contribution in [0.25, 0.3) is 11.3 Å². The van der Waals surface area contributed by atoms with Crippen LogP contribution in [-0.2, 0) is 0 Å². The Morgan fingerprint density at radius 2 is 2.00 bits per heavy atom. The summed E-state index contributed by atoms with van der Waals surface area (Å²) in [6, 6.07) is 9.37. The molecule has 0 saturated carbocycles. The highest BCUT2D eigenvalue weighted by atomic mass is 16.5. The highest BCUT2D eigenvalue weighted by Crippen LogP contribution is 2.34. The first-order chi connectivity index (χ1) is 12.1. The van der Waals surface area contributed by atoms with E-state index in [0.29, 0.717) is 18.8 Å². The molecule has 0 aliphatic carbocycles. The molecule has 2 aromatic rings. The van der Waals surface area contributed by atoms with E-state index in [4.69, 9.17) is 4.74 Å². The Labute approximate surface area is 147 Å². The molecule has 2 N–H and O–H groups in total. The lowest BCUT2D eigenvalue weighted by Gasteiger charge is -2.40. The second kappa shape index (κ2) is 7.27. The Balaban J connectivity index is 1.69. The molecule has 1 aliphatic heterocycles. The highest BCUT2D eigenvalue weighted by Gasteiger charge is 2.34. The van der Waals surface area contributed by atoms with E-state index in [0.717, 1.165) is 36.3 Å². The molecule has 6 heteroatoms. The van der Waals surface area contributed by atoms with Gasteiger partial charge in [0.1, 0.15) is 11.4 Å². The SMILES string of the molecule is CCC1(CO)CCN(C(=O)c2cc(-c3ccc(OC)cc3)n[nH]2)CC1. The Hall–Kier alpha value is -2.34. The van der Waals surface area contributed by atoms with E-state index >= 15 is 0 Å². The molecule has 134 valence electrons. The molecule has 25 heavy (non-hydrogen) atoms. The van der Waals surface area contributed by atoms with Gasteiger partial charge in [-0.1, -0.05) is 6.92 Å². The van der Waals surface area contributed by atoms with Crippen LogP contribution in [0.1, 0.15) is 36.7 Å². The first-order valence-electron chi connectivity index (χ1n) is 8.71. The number of methoxy groups -OCH3 is 1. The molecule has 0 radical (unpaired) electrons. The van der Waals surface area contributed by atoms with Crippen LogP contribution in [-0.4, -0.2) is 52.9 Å². The number of aromatic nitrogens is 2. The van der Waals surface area contributed by atoms with E-state index in [-0.39, 0.29) is 17.9 Å². The summed E-state index contributed by atoms with van der Waals surface area (Å²) < 4.78 is 5.16. The van der Waals surface area contributed by atoms with Crippen LogP contribution in [0.5, 0.6) is 5.75 Å². The predicted molar refractivity (Wildman–Crippen MR) is 95.5 cm³/mol. The van der Waals surface area contributed by atoms with Gasteiger partial charge in [-0.05, 0) is 55.0 Å². The molecule has 0 spiro atoms. The summed E-state index contributed by atoms with van der Waals surface area (Å²) in [5.74, 6) is 0.752. The summed E-state index contributed by atoms with van der Waals surface area (Å²) in [7, 11) is 1.63. The van der Waals surface area contributed by atoms with Crippen molar-refractivity contribution >= 4 is 5.91 Å². The van der Waals surface area contributed by atoms with E-state index < -0.39 is 0 Å². The Morgan fingerprint density at radius 1 is 1.32 bits per heavy atom. The number of piperidine rings is 1. The molecule has 1 aromatic heterocycles. The minimum atomic E-state index is -0.0325. The lowest BCUT2D eigenvalue weighted by atomic mass is 9.77. The highest BCUT2D eigenvalue weighted by molar-refractivity contribution is 5.93. The molecule has 1 aliphatic rings. The van der Waals surface area contributed by atoms with Crippen LogP contribution >= 0.6 is 0 Å². The first kappa shape index (κ1) is 17.5. The molecule has 3 rings (SSSR count). The maximum atomic E-state index is 12.7. The van der Waals surface area contributed by atoms with Crippen molar-refractivity contribution in [1.82, 2.24) is 15.1 Å². The summed E-state index contributed by atoms with van der Waals surface area (Å²) in [5.41, 5.74) is 2.14. The number of H-pyrrole nitrogens is 1. The summed E-state index contributed by atoms with van der Waals surface area (Å²) in [6.45, 7) is 3.63. The molecule has 0 bridgehead atoms. The number of carbonyl (C=O) groups excluding carboxylic acids is 1. The Morgan fingerprint density at radius 3 is 2.56 bits per heavy atom. The average molecular weight is 343 g/mol. The van der Waals surface area contributed by atoms with Crippen molar-refractivity contribution < 1.29 is 14.6 Å². The van der Waals surface area contributed by atoms with Crippen LogP contribution in [0.3, 0.4) is 0 Å². The number of nitrogens with zero attached hydrogens (tertiary/aromatic N) is 2. The maximum absolute atomic E-state index is 12.7. The first-order valence-corrected chi connectivity index (χ1v) is 8.71. The van der Waals surface area contributed by atoms with Gasteiger partial charge in [0.25, 0.3) is 5.91 Å². The fraction of sp³-hybridized carbons (Fsp3) is 0.474. The number of likely N-dealkylation sites (tertiary alicyclic amines) is 1. The van der Waals surface area contributed by atoms with Gasteiger partial charge < -0.3 is 14.7 Å². The smallest absolute Gasteiger partial charge is 0.271 e. The van der Waals surface area contributed by atoms with Gasteiger partial charge in [-0.2, -0.15) is 5.10 Å². The van der Waals surface area contributed by atoms with Crippen LogP contribution in [0.15, 0.2) is 30.3 Å². The second-order valence-electron chi connectivity index (χ2n) is 6.70. The van der Waals surface area contributed by atoms with Crippen LogP contribution < -0.4 is 4.74 Å². The number of aliphatic hydroxyl groups is 1. The zero-order valence-corrected chi connectivity index (χ0v) is 14.8. The van der Waals surface area contributed by atoms with Crippen molar-refractivity contribution in [3.05, 3.63) is 36.0 Å². The van der Waals surface area contributed by atoms with Crippen molar-refractivity contribution in [2.45, 2.75) is 26.2 Å². The average Bonchev–Trinajstić information content (AvgIpc) is 3.18. The van der Waals surface area contributed by atoms with E-state index in [1.807, 2.05) is 29.2 Å². The van der Waals surface area contributed by atoms with E-state index in [9.17, 15) is 9.90 Å². The normalized spacial score (nSPS) is 16.7. The topological polar surface area (TPSA) is 78.4 Å². The number of ether oxygens (including phenoxy) is 1. The van der Waals surface area contributed by atoms with Crippen LogP contribution in [0, 0.1) is 5.41 Å². The van der Waals surface area contributed by atoms with Crippen molar-refractivity contribution in [2.24, 2.45) is 5.41 Å². The lowest BCUT2D eigenvalue weighted by Crippen LogP contribution is -2.44. The molecule has 6 nitrogen and oxygen atoms in total. The fourth-order valence-corrected chi connectivity index (χ4v) is 3.32. The summed E-state index contributed by atoms with van der Waals surface area (Å²) in [4.78, 5) is 14.5. The maximum Gasteiger partial charge on any atom is 0.271 e. The number of aliphatic hydroxyl groups excluding tert-OH is 1. The molecular formula is C19H25N3O3. The quantitative estimate of drug-likeness (QED) is 0.875. The van der Waals surface area contributed by atoms with Crippen LogP contribution in [0.2, 0.25) is 0 Å². The molecular weight excluding hydrogens is 318 g/mol. The van der Waals surface area contributed by atoms with Gasteiger partial charge in [0, 0.05) is 25.3 Å². The number of nitrogens with one attached hydrogen (secondary N) is 1. The van der Waals surface area contributed by atoms with Gasteiger partial charge in [0.15, 0.2) is 0 Å².